The number of carboxylic acid groups (broad SMARTS) is 1. The summed E-state index contributed by atoms with van der Waals surface area (Å²) in [5, 5.41) is 22.1. The number of hydrogen-bond donors (Lipinski definition) is 2. The number of pyridine rings is 1. The highest BCUT2D eigenvalue weighted by molar-refractivity contribution is 7.99. The third-order valence-corrected chi connectivity index (χ3v) is 9.76. The number of nitrogens with zero attached hydrogens (tertiary/aromatic N) is 1. The van der Waals surface area contributed by atoms with Gasteiger partial charge >= 0.3 is 5.97 Å². The first-order valence-electron chi connectivity index (χ1n) is 14.1. The van der Waals surface area contributed by atoms with Gasteiger partial charge in [0.25, 0.3) is 0 Å². The quantitative estimate of drug-likeness (QED) is 0.174. The monoisotopic (exact) mass is 585 g/mol. The maximum absolute atomic E-state index is 11.5. The van der Waals surface area contributed by atoms with E-state index in [1.165, 1.54) is 5.56 Å². The van der Waals surface area contributed by atoms with Gasteiger partial charge in [0.1, 0.15) is 0 Å². The fourth-order valence-electron chi connectivity index (χ4n) is 5.36. The summed E-state index contributed by atoms with van der Waals surface area (Å²) in [5.41, 5.74) is 5.15. The molecule has 5 rings (SSSR count). The zero-order chi connectivity index (χ0) is 29.0. The van der Waals surface area contributed by atoms with Crippen LogP contribution in [0.4, 0.5) is 0 Å². The van der Waals surface area contributed by atoms with E-state index in [-0.39, 0.29) is 17.1 Å². The fourth-order valence-corrected chi connectivity index (χ4v) is 7.09. The highest BCUT2D eigenvalue weighted by Crippen LogP contribution is 2.53. The van der Waals surface area contributed by atoms with E-state index in [4.69, 9.17) is 16.6 Å². The number of halogens is 1. The highest BCUT2D eigenvalue weighted by Gasteiger charge is 2.44. The molecular weight excluding hydrogens is 550 g/mol. The summed E-state index contributed by atoms with van der Waals surface area (Å²) in [6.07, 6.45) is 8.02. The normalized spacial score (nSPS) is 15.3. The molecule has 0 spiro atoms. The average molecular weight is 586 g/mol. The predicted molar refractivity (Wildman–Crippen MR) is 171 cm³/mol. The van der Waals surface area contributed by atoms with Gasteiger partial charge in [-0.2, -0.15) is 11.8 Å². The van der Waals surface area contributed by atoms with E-state index in [0.717, 1.165) is 64.7 Å². The summed E-state index contributed by atoms with van der Waals surface area (Å²) in [6, 6.07) is 26.5. The van der Waals surface area contributed by atoms with Gasteiger partial charge in [0.2, 0.25) is 0 Å². The van der Waals surface area contributed by atoms with Gasteiger partial charge in [-0.15, -0.1) is 0 Å². The van der Waals surface area contributed by atoms with Crippen molar-refractivity contribution in [2.75, 3.05) is 5.75 Å². The predicted octanol–water partition coefficient (Wildman–Crippen LogP) is 8.95. The Labute approximate surface area is 251 Å². The van der Waals surface area contributed by atoms with E-state index < -0.39 is 11.6 Å². The molecule has 1 atom stereocenters. The summed E-state index contributed by atoms with van der Waals surface area (Å²) in [5.74, 6) is 0.122. The number of benzene rings is 3. The van der Waals surface area contributed by atoms with Gasteiger partial charge < -0.3 is 10.2 Å². The third kappa shape index (κ3) is 7.79. The first kappa shape index (κ1) is 29.4. The van der Waals surface area contributed by atoms with Crippen LogP contribution in [0, 0.1) is 5.41 Å². The van der Waals surface area contributed by atoms with Gasteiger partial charge in [0.15, 0.2) is 0 Å². The lowest BCUT2D eigenvalue weighted by molar-refractivity contribution is -0.138. The largest absolute Gasteiger partial charge is 0.481 e. The van der Waals surface area contributed by atoms with Gasteiger partial charge in [-0.3, -0.25) is 4.79 Å². The zero-order valence-electron chi connectivity index (χ0n) is 23.5. The van der Waals surface area contributed by atoms with Crippen molar-refractivity contribution in [1.82, 2.24) is 4.98 Å². The standard InChI is InChI=1S/C35H36ClNO3S/c1-34(2,40)30-9-4-3-7-25(30)13-17-32(41-23-35(18-19-35)22-33(38)39)27-8-5-6-24(20-27)10-15-29-16-12-26-11-14-28(36)21-31(26)37-29/h3-12,14-16,20-21,32,40H,13,17-19,22-23H2,1-2H3,(H,38,39)/b15-10+/t32-/m0/s1. The number of thioether (sulfide) groups is 1. The molecule has 0 radical (unpaired) electrons. The van der Waals surface area contributed by atoms with Crippen LogP contribution in [0.2, 0.25) is 5.02 Å². The van der Waals surface area contributed by atoms with Crippen molar-refractivity contribution >= 4 is 52.4 Å². The number of fused-ring (bicyclic) bond motifs is 1. The molecule has 41 heavy (non-hydrogen) atoms. The van der Waals surface area contributed by atoms with Crippen molar-refractivity contribution in [2.24, 2.45) is 5.41 Å². The number of aromatic nitrogens is 1. The fraction of sp³-hybridized carbons (Fsp3) is 0.314. The zero-order valence-corrected chi connectivity index (χ0v) is 25.1. The Morgan fingerprint density at radius 3 is 2.59 bits per heavy atom. The Bertz CT molecular complexity index is 1570. The van der Waals surface area contributed by atoms with E-state index in [9.17, 15) is 15.0 Å². The van der Waals surface area contributed by atoms with Crippen molar-refractivity contribution in [3.8, 4) is 0 Å². The summed E-state index contributed by atoms with van der Waals surface area (Å²) in [4.78, 5) is 16.2. The first-order valence-corrected chi connectivity index (χ1v) is 15.5. The van der Waals surface area contributed by atoms with E-state index in [1.54, 1.807) is 0 Å². The minimum Gasteiger partial charge on any atom is -0.481 e. The van der Waals surface area contributed by atoms with Gasteiger partial charge in [-0.05, 0) is 91.5 Å². The second kappa shape index (κ2) is 12.4. The van der Waals surface area contributed by atoms with Crippen LogP contribution in [0.3, 0.4) is 0 Å². The molecule has 1 aliphatic carbocycles. The lowest BCUT2D eigenvalue weighted by atomic mass is 9.90. The van der Waals surface area contributed by atoms with E-state index in [2.05, 4.69) is 42.5 Å². The minimum atomic E-state index is -0.911. The van der Waals surface area contributed by atoms with Crippen molar-refractivity contribution in [3.05, 3.63) is 112 Å². The molecule has 2 N–H and O–H groups in total. The number of aliphatic carboxylic acids is 1. The number of carbonyl (C=O) groups is 1. The summed E-state index contributed by atoms with van der Waals surface area (Å²) in [7, 11) is 0. The van der Waals surface area contributed by atoms with Gasteiger partial charge in [-0.25, -0.2) is 4.98 Å². The molecule has 0 aliphatic heterocycles. The maximum Gasteiger partial charge on any atom is 0.303 e. The number of aliphatic hydroxyl groups is 1. The number of aryl methyl sites for hydroxylation is 1. The molecule has 3 aromatic carbocycles. The van der Waals surface area contributed by atoms with E-state index in [0.29, 0.717) is 5.02 Å². The van der Waals surface area contributed by atoms with Crippen molar-refractivity contribution < 1.29 is 15.0 Å². The van der Waals surface area contributed by atoms with Crippen LogP contribution in [-0.2, 0) is 16.8 Å². The number of rotatable bonds is 12. The Hall–Kier alpha value is -3.12. The van der Waals surface area contributed by atoms with Crippen LogP contribution in [0.25, 0.3) is 23.1 Å². The number of hydrogen-bond acceptors (Lipinski definition) is 4. The Balaban J connectivity index is 1.37. The van der Waals surface area contributed by atoms with Crippen LogP contribution >= 0.6 is 23.4 Å². The smallest absolute Gasteiger partial charge is 0.303 e. The molecule has 0 amide bonds. The summed E-state index contributed by atoms with van der Waals surface area (Å²) in [6.45, 7) is 3.66. The molecule has 1 saturated carbocycles. The Morgan fingerprint density at radius 2 is 1.83 bits per heavy atom. The second-order valence-corrected chi connectivity index (χ2v) is 13.3. The summed E-state index contributed by atoms with van der Waals surface area (Å²) < 4.78 is 0. The van der Waals surface area contributed by atoms with Crippen molar-refractivity contribution in [1.29, 1.82) is 0 Å². The Morgan fingerprint density at radius 1 is 1.05 bits per heavy atom. The van der Waals surface area contributed by atoms with E-state index >= 15 is 0 Å². The second-order valence-electron chi connectivity index (χ2n) is 11.7. The SMILES string of the molecule is CC(C)(O)c1ccccc1CC[C@H](SCC1(CC(=O)O)CC1)c1cccc(/C=C/c2ccc3ccc(Cl)cc3n2)c1. The van der Waals surface area contributed by atoms with Crippen molar-refractivity contribution in [3.63, 3.8) is 0 Å². The van der Waals surface area contributed by atoms with Crippen molar-refractivity contribution in [2.45, 2.75) is 56.8 Å². The highest BCUT2D eigenvalue weighted by atomic mass is 35.5. The van der Waals surface area contributed by atoms with Crippen LogP contribution in [0.1, 0.15) is 72.7 Å². The lowest BCUT2D eigenvalue weighted by Gasteiger charge is -2.24. The average Bonchev–Trinajstić information content (AvgIpc) is 3.70. The molecule has 0 unspecified atom stereocenters. The van der Waals surface area contributed by atoms with Crippen LogP contribution < -0.4 is 0 Å². The molecule has 6 heteroatoms. The first-order chi connectivity index (χ1) is 19.6. The third-order valence-electron chi connectivity index (χ3n) is 7.83. The lowest BCUT2D eigenvalue weighted by Crippen LogP contribution is -2.18. The Kier molecular flexibility index (Phi) is 8.88. The van der Waals surface area contributed by atoms with Gasteiger partial charge in [0.05, 0.1) is 23.2 Å². The molecule has 0 bridgehead atoms. The molecule has 1 aromatic heterocycles. The molecule has 4 nitrogen and oxygen atoms in total. The van der Waals surface area contributed by atoms with Crippen LogP contribution in [0.15, 0.2) is 78.9 Å². The molecule has 1 heterocycles. The van der Waals surface area contributed by atoms with Crippen LogP contribution in [-0.4, -0.2) is 26.9 Å². The molecule has 1 fully saturated rings. The molecule has 212 valence electrons. The van der Waals surface area contributed by atoms with Gasteiger partial charge in [0, 0.05) is 21.4 Å². The summed E-state index contributed by atoms with van der Waals surface area (Å²) >= 11 is 8.04. The molecule has 1 aliphatic rings. The molecule has 4 aromatic rings. The van der Waals surface area contributed by atoms with Gasteiger partial charge in [-0.1, -0.05) is 78.3 Å². The molecule has 0 saturated heterocycles. The minimum absolute atomic E-state index is 0.0814. The topological polar surface area (TPSA) is 70.4 Å². The maximum atomic E-state index is 11.5. The van der Waals surface area contributed by atoms with E-state index in [1.807, 2.05) is 74.1 Å². The number of carboxylic acids is 1. The molecular formula is C35H36ClNO3S. The van der Waals surface area contributed by atoms with Crippen LogP contribution in [0.5, 0.6) is 0 Å².